The highest BCUT2D eigenvalue weighted by atomic mass is 32.2. The summed E-state index contributed by atoms with van der Waals surface area (Å²) in [6.45, 7) is 1.80. The zero-order valence-corrected chi connectivity index (χ0v) is 15.1. The molecule has 28 heavy (non-hydrogen) atoms. The van der Waals surface area contributed by atoms with Gasteiger partial charge in [0.05, 0.1) is 10.6 Å². The van der Waals surface area contributed by atoms with Crippen molar-refractivity contribution in [1.82, 2.24) is 9.78 Å². The summed E-state index contributed by atoms with van der Waals surface area (Å²) < 4.78 is 63.8. The minimum absolute atomic E-state index is 0.100. The Balaban J connectivity index is 2.29. The Labute approximate surface area is 157 Å². The number of aromatic nitrogens is 2. The van der Waals surface area contributed by atoms with Crippen LogP contribution in [0.4, 0.5) is 18.9 Å². The smallest absolute Gasteiger partial charge is 0.230 e. The van der Waals surface area contributed by atoms with Crippen molar-refractivity contribution in [3.05, 3.63) is 64.7 Å². The molecule has 1 heterocycles. The Morgan fingerprint density at radius 2 is 1.61 bits per heavy atom. The number of primary sulfonamides is 1. The van der Waals surface area contributed by atoms with Gasteiger partial charge >= 0.3 is 6.18 Å². The number of hydrogen-bond acceptors (Lipinski definition) is 5. The van der Waals surface area contributed by atoms with Gasteiger partial charge in [0, 0.05) is 5.56 Å². The highest BCUT2D eigenvalue weighted by Gasteiger charge is 2.40. The van der Waals surface area contributed by atoms with Gasteiger partial charge in [0.1, 0.15) is 5.69 Å². The van der Waals surface area contributed by atoms with Crippen LogP contribution in [-0.4, -0.2) is 18.2 Å². The highest BCUT2D eigenvalue weighted by molar-refractivity contribution is 7.89. The largest absolute Gasteiger partial charge is 0.437 e. The predicted molar refractivity (Wildman–Crippen MR) is 95.6 cm³/mol. The second-order valence-electron chi connectivity index (χ2n) is 5.95. The maximum atomic E-state index is 13.4. The summed E-state index contributed by atoms with van der Waals surface area (Å²) >= 11 is 0. The fourth-order valence-corrected chi connectivity index (χ4v) is 3.14. The van der Waals surface area contributed by atoms with E-state index < -0.39 is 27.6 Å². The van der Waals surface area contributed by atoms with Crippen LogP contribution in [0.25, 0.3) is 16.9 Å². The lowest BCUT2D eigenvalue weighted by molar-refractivity contribution is -0.140. The van der Waals surface area contributed by atoms with E-state index in [-0.39, 0.29) is 16.3 Å². The maximum Gasteiger partial charge on any atom is 0.437 e. The Morgan fingerprint density at radius 3 is 2.07 bits per heavy atom. The topological polar surface area (TPSA) is 107 Å². The Morgan fingerprint density at radius 1 is 1.04 bits per heavy atom. The van der Waals surface area contributed by atoms with Gasteiger partial charge in [0.2, 0.25) is 10.0 Å². The van der Waals surface area contributed by atoms with Crippen LogP contribution in [-0.2, 0) is 16.2 Å². The summed E-state index contributed by atoms with van der Waals surface area (Å²) in [5.41, 5.74) is -1.20. The van der Waals surface area contributed by atoms with E-state index >= 15 is 0 Å². The number of nitrogens with two attached hydrogens (primary N) is 1. The summed E-state index contributed by atoms with van der Waals surface area (Å²) in [5.74, 6) is 0. The van der Waals surface area contributed by atoms with E-state index in [1.165, 1.54) is 24.3 Å². The van der Waals surface area contributed by atoms with Crippen molar-refractivity contribution in [2.24, 2.45) is 10.3 Å². The number of alkyl halides is 3. The van der Waals surface area contributed by atoms with Gasteiger partial charge in [0.15, 0.2) is 11.4 Å². The third-order valence-electron chi connectivity index (χ3n) is 3.96. The van der Waals surface area contributed by atoms with Gasteiger partial charge in [-0.15, -0.1) is 4.91 Å². The lowest BCUT2D eigenvalue weighted by atomic mass is 10.1. The average molecular weight is 410 g/mol. The molecule has 1 aromatic heterocycles. The van der Waals surface area contributed by atoms with Crippen LogP contribution in [0, 0.1) is 11.8 Å². The minimum Gasteiger partial charge on any atom is -0.230 e. The SMILES string of the molecule is Cc1ccc(-c2c(N=O)c(C(F)(F)F)nn2-c2ccc(S(N)(=O)=O)cc2)cc1. The molecule has 0 bridgehead atoms. The standard InChI is InChI=1S/C17H13F3N4O3S/c1-10-2-4-11(5-3-10)15-14(23-25)16(17(18,19)20)22-24(15)12-6-8-13(9-7-12)28(21,26)27/h2-9H,1H3,(H2,21,26,27). The zero-order valence-electron chi connectivity index (χ0n) is 14.3. The molecule has 3 rings (SSSR count). The monoisotopic (exact) mass is 410 g/mol. The lowest BCUT2D eigenvalue weighted by Crippen LogP contribution is -2.12. The van der Waals surface area contributed by atoms with Crippen LogP contribution < -0.4 is 5.14 Å². The van der Waals surface area contributed by atoms with Crippen LogP contribution in [0.5, 0.6) is 0 Å². The first-order valence-electron chi connectivity index (χ1n) is 7.76. The van der Waals surface area contributed by atoms with Crippen molar-refractivity contribution in [2.75, 3.05) is 0 Å². The number of nitrogens with zero attached hydrogens (tertiary/aromatic N) is 3. The predicted octanol–water partition coefficient (Wildman–Crippen LogP) is 3.91. The van der Waals surface area contributed by atoms with Crippen LogP contribution in [0.3, 0.4) is 0 Å². The number of aryl methyl sites for hydroxylation is 1. The van der Waals surface area contributed by atoms with E-state index in [0.717, 1.165) is 22.4 Å². The number of nitroso groups, excluding NO2 is 1. The Hall–Kier alpha value is -3.05. The average Bonchev–Trinajstić information content (AvgIpc) is 3.01. The number of sulfonamides is 1. The molecule has 0 unspecified atom stereocenters. The highest BCUT2D eigenvalue weighted by Crippen LogP contribution is 2.43. The quantitative estimate of drug-likeness (QED) is 0.658. The molecule has 0 saturated heterocycles. The van der Waals surface area contributed by atoms with Gasteiger partial charge < -0.3 is 0 Å². The first-order chi connectivity index (χ1) is 13.0. The van der Waals surface area contributed by atoms with Gasteiger partial charge in [0.25, 0.3) is 0 Å². The third-order valence-corrected chi connectivity index (χ3v) is 4.88. The molecule has 2 N–H and O–H groups in total. The van der Waals surface area contributed by atoms with E-state index in [4.69, 9.17) is 5.14 Å². The van der Waals surface area contributed by atoms with Gasteiger partial charge in [-0.1, -0.05) is 29.8 Å². The van der Waals surface area contributed by atoms with Gasteiger partial charge in [-0.2, -0.15) is 18.3 Å². The van der Waals surface area contributed by atoms with Crippen LogP contribution >= 0.6 is 0 Å². The molecule has 0 aliphatic heterocycles. The van der Waals surface area contributed by atoms with E-state index in [0.29, 0.717) is 5.56 Å². The normalized spacial score (nSPS) is 12.2. The molecule has 0 radical (unpaired) electrons. The first kappa shape index (κ1) is 19.7. The number of rotatable bonds is 4. The van der Waals surface area contributed by atoms with Crippen molar-refractivity contribution in [2.45, 2.75) is 18.0 Å². The molecule has 7 nitrogen and oxygen atoms in total. The Bertz CT molecular complexity index is 1140. The van der Waals surface area contributed by atoms with E-state index in [2.05, 4.69) is 10.3 Å². The summed E-state index contributed by atoms with van der Waals surface area (Å²) in [5, 5.41) is 11.1. The van der Waals surface area contributed by atoms with Crippen molar-refractivity contribution < 1.29 is 21.6 Å². The molecular formula is C17H13F3N4O3S. The van der Waals surface area contributed by atoms with Crippen molar-refractivity contribution in [3.63, 3.8) is 0 Å². The van der Waals surface area contributed by atoms with E-state index in [1.807, 2.05) is 0 Å². The second-order valence-corrected chi connectivity index (χ2v) is 7.51. The summed E-state index contributed by atoms with van der Waals surface area (Å²) in [6.07, 6.45) is -4.91. The lowest BCUT2D eigenvalue weighted by Gasteiger charge is -2.09. The number of benzene rings is 2. The molecule has 0 amide bonds. The van der Waals surface area contributed by atoms with Crippen molar-refractivity contribution >= 4 is 15.7 Å². The number of halogens is 3. The third kappa shape index (κ3) is 3.66. The molecule has 11 heteroatoms. The fourth-order valence-electron chi connectivity index (χ4n) is 2.62. The van der Waals surface area contributed by atoms with E-state index in [9.17, 15) is 26.5 Å². The van der Waals surface area contributed by atoms with Crippen LogP contribution in [0.1, 0.15) is 11.3 Å². The van der Waals surface area contributed by atoms with Gasteiger partial charge in [-0.25, -0.2) is 18.2 Å². The molecular weight excluding hydrogens is 397 g/mol. The van der Waals surface area contributed by atoms with Crippen LogP contribution in [0.15, 0.2) is 58.6 Å². The summed E-state index contributed by atoms with van der Waals surface area (Å²) in [4.78, 5) is 11.0. The molecule has 0 aliphatic carbocycles. The van der Waals surface area contributed by atoms with Crippen molar-refractivity contribution in [1.29, 1.82) is 0 Å². The minimum atomic E-state index is -4.91. The molecule has 0 fully saturated rings. The molecule has 0 spiro atoms. The molecule has 146 valence electrons. The van der Waals surface area contributed by atoms with Gasteiger partial charge in [-0.3, -0.25) is 0 Å². The van der Waals surface area contributed by atoms with E-state index in [1.54, 1.807) is 19.1 Å². The molecule has 0 aliphatic rings. The second kappa shape index (κ2) is 6.84. The first-order valence-corrected chi connectivity index (χ1v) is 9.31. The van der Waals surface area contributed by atoms with Crippen molar-refractivity contribution in [3.8, 4) is 16.9 Å². The summed E-state index contributed by atoms with van der Waals surface area (Å²) in [7, 11) is -3.98. The molecule has 2 aromatic carbocycles. The number of hydrogen-bond donors (Lipinski definition) is 1. The molecule has 0 saturated carbocycles. The zero-order chi connectivity index (χ0) is 20.7. The molecule has 3 aromatic rings. The molecule has 0 atom stereocenters. The fraction of sp³-hybridized carbons (Fsp3) is 0.118. The van der Waals surface area contributed by atoms with Gasteiger partial charge in [-0.05, 0) is 36.4 Å². The maximum absolute atomic E-state index is 13.4. The Kier molecular flexibility index (Phi) is 4.81. The summed E-state index contributed by atoms with van der Waals surface area (Å²) in [6, 6.07) is 11.1. The van der Waals surface area contributed by atoms with Crippen LogP contribution in [0.2, 0.25) is 0 Å².